The number of carbonyl (C=O) groups is 1. The van der Waals surface area contributed by atoms with E-state index in [1.54, 1.807) is 0 Å². The summed E-state index contributed by atoms with van der Waals surface area (Å²) < 4.78 is 0.289. The van der Waals surface area contributed by atoms with Gasteiger partial charge in [0.2, 0.25) is 6.41 Å². The van der Waals surface area contributed by atoms with Crippen LogP contribution in [0.2, 0.25) is 5.15 Å². The molecule has 2 aliphatic rings. The number of halogens is 1. The third kappa shape index (κ3) is 2.77. The van der Waals surface area contributed by atoms with E-state index in [4.69, 9.17) is 11.6 Å². The van der Waals surface area contributed by atoms with Crippen molar-refractivity contribution in [2.45, 2.75) is 42.9 Å². The van der Waals surface area contributed by atoms with Crippen LogP contribution < -0.4 is 0 Å². The standard InChI is InChI=1S/C13H18ClN3OS/c1-19-13(4-5-13)7-17(8-18)6-10-11(9-2-3-9)15-16-12(10)14/h8-9H,2-7H2,1H3,(H,15,16). The topological polar surface area (TPSA) is 49.0 Å². The molecule has 2 fully saturated rings. The fraction of sp³-hybridized carbons (Fsp3) is 0.692. The molecule has 2 aliphatic carbocycles. The zero-order valence-electron chi connectivity index (χ0n) is 11.0. The summed E-state index contributed by atoms with van der Waals surface area (Å²) in [5.41, 5.74) is 2.14. The van der Waals surface area contributed by atoms with Gasteiger partial charge in [0, 0.05) is 28.5 Å². The SMILES string of the molecule is CSC1(CN(C=O)Cc2c(Cl)n[nH]c2C2CC2)CC1. The van der Waals surface area contributed by atoms with Crippen molar-refractivity contribution >= 4 is 29.8 Å². The van der Waals surface area contributed by atoms with Crippen molar-refractivity contribution in [3.8, 4) is 0 Å². The second-order valence-corrected chi connectivity index (χ2v) is 7.21. The second kappa shape index (κ2) is 5.02. The first kappa shape index (κ1) is 13.3. The molecule has 104 valence electrons. The first-order chi connectivity index (χ1) is 9.17. The summed E-state index contributed by atoms with van der Waals surface area (Å²) in [6, 6.07) is 0. The van der Waals surface area contributed by atoms with Crippen molar-refractivity contribution in [1.29, 1.82) is 0 Å². The minimum Gasteiger partial charge on any atom is -0.339 e. The van der Waals surface area contributed by atoms with Gasteiger partial charge >= 0.3 is 0 Å². The van der Waals surface area contributed by atoms with Crippen molar-refractivity contribution in [2.24, 2.45) is 0 Å². The van der Waals surface area contributed by atoms with E-state index in [0.717, 1.165) is 24.2 Å². The summed E-state index contributed by atoms with van der Waals surface area (Å²) in [6.45, 7) is 1.39. The fourth-order valence-electron chi connectivity index (χ4n) is 2.49. The zero-order chi connectivity index (χ0) is 13.5. The predicted molar refractivity (Wildman–Crippen MR) is 77.5 cm³/mol. The fourth-order valence-corrected chi connectivity index (χ4v) is 3.49. The summed E-state index contributed by atoms with van der Waals surface area (Å²) >= 11 is 8.01. The van der Waals surface area contributed by atoms with Gasteiger partial charge in [-0.25, -0.2) is 0 Å². The molecule has 0 spiro atoms. The van der Waals surface area contributed by atoms with E-state index < -0.39 is 0 Å². The Morgan fingerprint density at radius 1 is 1.58 bits per heavy atom. The van der Waals surface area contributed by atoms with Crippen molar-refractivity contribution < 1.29 is 4.79 Å². The van der Waals surface area contributed by atoms with Crippen LogP contribution in [-0.4, -0.2) is 39.1 Å². The van der Waals surface area contributed by atoms with Gasteiger partial charge in [0.25, 0.3) is 0 Å². The average molecular weight is 300 g/mol. The van der Waals surface area contributed by atoms with E-state index in [1.807, 2.05) is 16.7 Å². The lowest BCUT2D eigenvalue weighted by atomic mass is 10.1. The average Bonchev–Trinajstić information content (AvgIpc) is 3.32. The lowest BCUT2D eigenvalue weighted by Crippen LogP contribution is -2.30. The first-order valence-corrected chi connectivity index (χ1v) is 8.25. The third-order valence-corrected chi connectivity index (χ3v) is 5.79. The number of H-pyrrole nitrogens is 1. The molecule has 1 amide bonds. The Bertz CT molecular complexity index is 482. The molecule has 2 saturated carbocycles. The van der Waals surface area contributed by atoms with Gasteiger partial charge in [0.15, 0.2) is 5.15 Å². The number of amides is 1. The van der Waals surface area contributed by atoms with Crippen LogP contribution in [0.15, 0.2) is 0 Å². The van der Waals surface area contributed by atoms with Crippen LogP contribution >= 0.6 is 23.4 Å². The Kier molecular flexibility index (Phi) is 3.52. The molecule has 3 rings (SSSR count). The van der Waals surface area contributed by atoms with Crippen molar-refractivity contribution in [1.82, 2.24) is 15.1 Å². The smallest absolute Gasteiger partial charge is 0.210 e. The molecule has 1 N–H and O–H groups in total. The summed E-state index contributed by atoms with van der Waals surface area (Å²) in [6.07, 6.45) is 7.86. The molecule has 1 heterocycles. The highest BCUT2D eigenvalue weighted by Crippen LogP contribution is 2.48. The molecule has 4 nitrogen and oxygen atoms in total. The predicted octanol–water partition coefficient (Wildman–Crippen LogP) is 2.79. The summed E-state index contributed by atoms with van der Waals surface area (Å²) in [5.74, 6) is 0.568. The van der Waals surface area contributed by atoms with Gasteiger partial charge in [0.05, 0.1) is 6.54 Å². The van der Waals surface area contributed by atoms with Crippen LogP contribution in [0.3, 0.4) is 0 Å². The van der Waals surface area contributed by atoms with Crippen LogP contribution in [0.25, 0.3) is 0 Å². The highest BCUT2D eigenvalue weighted by atomic mass is 35.5. The molecule has 0 aromatic carbocycles. The molecule has 1 aromatic heterocycles. The minimum absolute atomic E-state index is 0.289. The van der Waals surface area contributed by atoms with Gasteiger partial charge in [-0.05, 0) is 31.9 Å². The van der Waals surface area contributed by atoms with Gasteiger partial charge in [-0.15, -0.1) is 0 Å². The Labute approximate surface area is 122 Å². The monoisotopic (exact) mass is 299 g/mol. The Morgan fingerprint density at radius 3 is 2.84 bits per heavy atom. The summed E-state index contributed by atoms with van der Waals surface area (Å²) in [7, 11) is 0. The lowest BCUT2D eigenvalue weighted by Gasteiger charge is -2.22. The quantitative estimate of drug-likeness (QED) is 0.788. The van der Waals surface area contributed by atoms with Crippen LogP contribution in [0.1, 0.15) is 42.9 Å². The number of hydrogen-bond donors (Lipinski definition) is 1. The highest BCUT2D eigenvalue weighted by molar-refractivity contribution is 8.00. The molecule has 0 saturated heterocycles. The number of carbonyl (C=O) groups excluding carboxylic acids is 1. The molecular formula is C13H18ClN3OS. The second-order valence-electron chi connectivity index (χ2n) is 5.58. The molecule has 19 heavy (non-hydrogen) atoms. The van der Waals surface area contributed by atoms with Gasteiger partial charge in [0.1, 0.15) is 0 Å². The number of aromatic amines is 1. The molecule has 0 unspecified atom stereocenters. The first-order valence-electron chi connectivity index (χ1n) is 6.64. The lowest BCUT2D eigenvalue weighted by molar-refractivity contribution is -0.118. The molecule has 0 atom stereocenters. The normalized spacial score (nSPS) is 20.3. The van der Waals surface area contributed by atoms with Gasteiger partial charge in [-0.3, -0.25) is 9.89 Å². The van der Waals surface area contributed by atoms with E-state index >= 15 is 0 Å². The number of nitrogens with zero attached hydrogens (tertiary/aromatic N) is 2. The molecule has 0 bridgehead atoms. The van der Waals surface area contributed by atoms with E-state index in [2.05, 4.69) is 16.5 Å². The van der Waals surface area contributed by atoms with E-state index in [-0.39, 0.29) is 4.75 Å². The third-order valence-electron chi connectivity index (χ3n) is 4.08. The van der Waals surface area contributed by atoms with Crippen LogP contribution in [0.4, 0.5) is 0 Å². The summed E-state index contributed by atoms with van der Waals surface area (Å²) in [5, 5.41) is 7.63. The number of nitrogens with one attached hydrogen (secondary N) is 1. The zero-order valence-corrected chi connectivity index (χ0v) is 12.6. The van der Waals surface area contributed by atoms with Crippen LogP contribution in [0.5, 0.6) is 0 Å². The minimum atomic E-state index is 0.289. The van der Waals surface area contributed by atoms with Crippen LogP contribution in [-0.2, 0) is 11.3 Å². The maximum absolute atomic E-state index is 11.3. The molecule has 0 radical (unpaired) electrons. The summed E-state index contributed by atoms with van der Waals surface area (Å²) in [4.78, 5) is 13.1. The van der Waals surface area contributed by atoms with Crippen molar-refractivity contribution in [2.75, 3.05) is 12.8 Å². The highest BCUT2D eigenvalue weighted by Gasteiger charge is 2.43. The maximum atomic E-state index is 11.3. The molecule has 6 heteroatoms. The Balaban J connectivity index is 1.71. The molecule has 1 aromatic rings. The van der Waals surface area contributed by atoms with Crippen molar-refractivity contribution in [3.05, 3.63) is 16.4 Å². The number of rotatable bonds is 7. The maximum Gasteiger partial charge on any atom is 0.210 e. The van der Waals surface area contributed by atoms with Crippen molar-refractivity contribution in [3.63, 3.8) is 0 Å². The largest absolute Gasteiger partial charge is 0.339 e. The Morgan fingerprint density at radius 2 is 2.32 bits per heavy atom. The van der Waals surface area contributed by atoms with E-state index in [1.165, 1.54) is 25.7 Å². The van der Waals surface area contributed by atoms with E-state index in [0.29, 0.717) is 17.6 Å². The van der Waals surface area contributed by atoms with Gasteiger partial charge in [-0.2, -0.15) is 16.9 Å². The molecule has 0 aliphatic heterocycles. The Hall–Kier alpha value is -0.680. The number of aromatic nitrogens is 2. The number of hydrogen-bond acceptors (Lipinski definition) is 3. The number of thioether (sulfide) groups is 1. The molecular weight excluding hydrogens is 282 g/mol. The van der Waals surface area contributed by atoms with Crippen LogP contribution in [0, 0.1) is 0 Å². The van der Waals surface area contributed by atoms with Gasteiger partial charge in [-0.1, -0.05) is 11.6 Å². The van der Waals surface area contributed by atoms with Gasteiger partial charge < -0.3 is 4.90 Å². The van der Waals surface area contributed by atoms with E-state index in [9.17, 15) is 4.79 Å².